The molecule has 1 radical (unpaired) electrons. The molecule has 0 aliphatic carbocycles. The summed E-state index contributed by atoms with van der Waals surface area (Å²) in [5.41, 5.74) is 5.26. The number of halogens is 1. The molecular weight excluding hydrogens is 226 g/mol. The predicted molar refractivity (Wildman–Crippen MR) is 53.0 cm³/mol. The number of Topliss-reactive ketones (excluding diaryl/α,β-unsaturated/α-hetero) is 1. The third-order valence-electron chi connectivity index (χ3n) is 1.52. The predicted octanol–water partition coefficient (Wildman–Crippen LogP) is 0.886. The molecule has 1 aromatic rings. The highest BCUT2D eigenvalue weighted by Crippen LogP contribution is 2.15. The molecular formula is C8H7ClNO3S. The van der Waals surface area contributed by atoms with E-state index in [9.17, 15) is 13.2 Å². The molecule has 75 valence electrons. The van der Waals surface area contributed by atoms with Crippen LogP contribution in [0.1, 0.15) is 10.4 Å². The smallest absolute Gasteiger partial charge is 0.262 e. The Kier molecular flexibility index (Phi) is 3.25. The Balaban J connectivity index is 2.99. The summed E-state index contributed by atoms with van der Waals surface area (Å²) in [7, 11) is 0.785. The van der Waals surface area contributed by atoms with Gasteiger partial charge in [-0.15, -0.1) is 0 Å². The van der Waals surface area contributed by atoms with Crippen LogP contribution in [-0.2, 0) is 9.05 Å². The van der Waals surface area contributed by atoms with Crippen LogP contribution in [0.3, 0.4) is 0 Å². The van der Waals surface area contributed by atoms with Gasteiger partial charge in [0.15, 0.2) is 0 Å². The zero-order chi connectivity index (χ0) is 10.8. The summed E-state index contributed by atoms with van der Waals surface area (Å²) in [6.45, 7) is 0. The van der Waals surface area contributed by atoms with Gasteiger partial charge in [-0.1, -0.05) is 30.3 Å². The van der Waals surface area contributed by atoms with Crippen LogP contribution in [0.4, 0.5) is 0 Å². The molecule has 0 saturated heterocycles. The second-order valence-corrected chi connectivity index (χ2v) is 5.03. The third-order valence-corrected chi connectivity index (χ3v) is 2.73. The summed E-state index contributed by atoms with van der Waals surface area (Å²) in [6.07, 6.45) is 0. The Labute approximate surface area is 86.1 Å². The van der Waals surface area contributed by atoms with E-state index in [1.165, 1.54) is 12.1 Å². The van der Waals surface area contributed by atoms with Crippen LogP contribution >= 0.6 is 10.7 Å². The summed E-state index contributed by atoms with van der Waals surface area (Å²) in [5, 5.41) is -0.856. The summed E-state index contributed by atoms with van der Waals surface area (Å²) in [5.74, 6) is -0.791. The van der Waals surface area contributed by atoms with Crippen molar-refractivity contribution in [3.8, 4) is 0 Å². The van der Waals surface area contributed by atoms with Crippen molar-refractivity contribution in [2.75, 3.05) is 0 Å². The zero-order valence-electron chi connectivity index (χ0n) is 6.98. The van der Waals surface area contributed by atoms with E-state index in [-0.39, 0.29) is 5.56 Å². The van der Waals surface area contributed by atoms with Gasteiger partial charge in [-0.2, -0.15) is 0 Å². The van der Waals surface area contributed by atoms with Gasteiger partial charge in [-0.25, -0.2) is 8.42 Å². The minimum absolute atomic E-state index is 0.189. The molecule has 0 aliphatic rings. The second kappa shape index (κ2) is 4.08. The van der Waals surface area contributed by atoms with Crippen molar-refractivity contribution in [2.45, 2.75) is 0 Å². The number of rotatable bonds is 3. The highest BCUT2D eigenvalue weighted by Gasteiger charge is 2.29. The van der Waals surface area contributed by atoms with Crippen molar-refractivity contribution in [3.63, 3.8) is 0 Å². The minimum Gasteiger partial charge on any atom is -0.302 e. The molecule has 2 N–H and O–H groups in total. The number of hydrogen-bond donors (Lipinski definition) is 1. The topological polar surface area (TPSA) is 77.2 Å². The zero-order valence-corrected chi connectivity index (χ0v) is 8.55. The quantitative estimate of drug-likeness (QED) is 0.620. The van der Waals surface area contributed by atoms with E-state index in [2.05, 4.69) is 0 Å². The first-order valence-corrected chi connectivity index (χ1v) is 5.90. The summed E-state index contributed by atoms with van der Waals surface area (Å²) in [6, 6.07) is 7.80. The Morgan fingerprint density at radius 2 is 1.71 bits per heavy atom. The average Bonchev–Trinajstić information content (AvgIpc) is 2.15. The fourth-order valence-corrected chi connectivity index (χ4v) is 1.39. The third kappa shape index (κ3) is 2.54. The van der Waals surface area contributed by atoms with Crippen LogP contribution in [0.5, 0.6) is 0 Å². The van der Waals surface area contributed by atoms with E-state index >= 15 is 0 Å². The number of nitrogens with two attached hydrogens (primary N) is 1. The van der Waals surface area contributed by atoms with Crippen LogP contribution in [0.25, 0.3) is 0 Å². The standard InChI is InChI=1S/C8H7ClNO3S/c9-14(12,13)8(10)7(11)6-4-2-1-3-5-6/h1-5H,10H2. The number of hydrogen-bond acceptors (Lipinski definition) is 4. The van der Waals surface area contributed by atoms with E-state index < -0.39 is 20.2 Å². The highest BCUT2D eigenvalue weighted by atomic mass is 35.7. The summed E-state index contributed by atoms with van der Waals surface area (Å²) in [4.78, 5) is 11.4. The van der Waals surface area contributed by atoms with Crippen molar-refractivity contribution in [2.24, 2.45) is 5.73 Å². The van der Waals surface area contributed by atoms with Gasteiger partial charge in [0.1, 0.15) is 0 Å². The van der Waals surface area contributed by atoms with E-state index in [0.717, 1.165) is 0 Å². The van der Waals surface area contributed by atoms with E-state index in [4.69, 9.17) is 16.4 Å². The van der Waals surface area contributed by atoms with Crippen molar-refractivity contribution in [1.82, 2.24) is 0 Å². The Bertz CT molecular complexity index is 429. The monoisotopic (exact) mass is 232 g/mol. The molecule has 1 rings (SSSR count). The van der Waals surface area contributed by atoms with Gasteiger partial charge in [0, 0.05) is 16.2 Å². The van der Waals surface area contributed by atoms with Crippen LogP contribution in [0, 0.1) is 5.37 Å². The van der Waals surface area contributed by atoms with E-state index in [1.807, 2.05) is 0 Å². The van der Waals surface area contributed by atoms with Gasteiger partial charge < -0.3 is 5.73 Å². The lowest BCUT2D eigenvalue weighted by Crippen LogP contribution is -2.26. The number of carbonyl (C=O) groups excluding carboxylic acids is 1. The van der Waals surface area contributed by atoms with E-state index in [1.54, 1.807) is 18.2 Å². The molecule has 0 aliphatic heterocycles. The summed E-state index contributed by atoms with van der Waals surface area (Å²) >= 11 is 0. The van der Waals surface area contributed by atoms with Crippen LogP contribution in [-0.4, -0.2) is 14.2 Å². The molecule has 14 heavy (non-hydrogen) atoms. The van der Waals surface area contributed by atoms with Gasteiger partial charge in [-0.3, -0.25) is 4.79 Å². The molecule has 0 saturated carbocycles. The fourth-order valence-electron chi connectivity index (χ4n) is 0.843. The van der Waals surface area contributed by atoms with Crippen molar-refractivity contribution in [3.05, 3.63) is 41.3 Å². The normalized spacial score (nSPS) is 11.6. The molecule has 0 unspecified atom stereocenters. The molecule has 0 atom stereocenters. The summed E-state index contributed by atoms with van der Waals surface area (Å²) < 4.78 is 21.5. The molecule has 6 heteroatoms. The van der Waals surface area contributed by atoms with Crippen molar-refractivity contribution >= 4 is 25.5 Å². The van der Waals surface area contributed by atoms with Gasteiger partial charge in [0.2, 0.25) is 11.2 Å². The van der Waals surface area contributed by atoms with Gasteiger partial charge >= 0.3 is 0 Å². The maximum atomic E-state index is 11.4. The largest absolute Gasteiger partial charge is 0.302 e. The molecule has 4 nitrogen and oxygen atoms in total. The molecule has 0 bridgehead atoms. The van der Waals surface area contributed by atoms with Crippen molar-refractivity contribution in [1.29, 1.82) is 0 Å². The Morgan fingerprint density at radius 1 is 1.21 bits per heavy atom. The van der Waals surface area contributed by atoms with Crippen LogP contribution in [0.15, 0.2) is 30.3 Å². The highest BCUT2D eigenvalue weighted by molar-refractivity contribution is 8.16. The lowest BCUT2D eigenvalue weighted by molar-refractivity contribution is 0.102. The number of carbonyl (C=O) groups is 1. The van der Waals surface area contributed by atoms with Gasteiger partial charge in [-0.05, 0) is 0 Å². The lowest BCUT2D eigenvalue weighted by atomic mass is 10.1. The molecule has 0 amide bonds. The lowest BCUT2D eigenvalue weighted by Gasteiger charge is -2.04. The molecule has 0 aromatic heterocycles. The maximum Gasteiger partial charge on any atom is 0.262 e. The van der Waals surface area contributed by atoms with Gasteiger partial charge in [0.25, 0.3) is 9.05 Å². The Morgan fingerprint density at radius 3 is 2.14 bits per heavy atom. The van der Waals surface area contributed by atoms with Crippen LogP contribution in [0.2, 0.25) is 0 Å². The van der Waals surface area contributed by atoms with Crippen molar-refractivity contribution < 1.29 is 13.2 Å². The first-order valence-electron chi connectivity index (χ1n) is 3.60. The SMILES string of the molecule is N[C](C(=O)c1ccccc1)S(=O)(=O)Cl. The number of benzene rings is 1. The second-order valence-electron chi connectivity index (χ2n) is 2.50. The van der Waals surface area contributed by atoms with Gasteiger partial charge in [0.05, 0.1) is 0 Å². The van der Waals surface area contributed by atoms with E-state index in [0.29, 0.717) is 0 Å². The maximum absolute atomic E-state index is 11.4. The van der Waals surface area contributed by atoms with Crippen LogP contribution < -0.4 is 5.73 Å². The molecule has 0 spiro atoms. The molecule has 0 heterocycles. The average molecular weight is 233 g/mol. The minimum atomic E-state index is -4.13. The number of ketones is 1. The Hall–Kier alpha value is -0.910. The molecule has 0 fully saturated rings. The molecule has 1 aromatic carbocycles. The first kappa shape index (κ1) is 11.2. The first-order chi connectivity index (χ1) is 6.43. The fraction of sp³-hybridized carbons (Fsp3) is 0.